The molecule has 1 unspecified atom stereocenters. The van der Waals surface area contributed by atoms with Gasteiger partial charge in [-0.1, -0.05) is 32.6 Å². The molecule has 1 atom stereocenters. The number of rotatable bonds is 3. The second-order valence-corrected chi connectivity index (χ2v) is 4.71. The van der Waals surface area contributed by atoms with E-state index >= 15 is 0 Å². The Bertz CT molecular complexity index is 433. The Morgan fingerprint density at radius 2 is 2.33 bits per heavy atom. The number of hydrogen-bond donors (Lipinski definition) is 1. The van der Waals surface area contributed by atoms with Gasteiger partial charge in [-0.2, -0.15) is 0 Å². The summed E-state index contributed by atoms with van der Waals surface area (Å²) in [5.74, 6) is 0. The fourth-order valence-electron chi connectivity index (χ4n) is 1.31. The predicted molar refractivity (Wildman–Crippen MR) is 62.7 cm³/mol. The molecule has 2 aromatic rings. The van der Waals surface area contributed by atoms with Crippen LogP contribution in [-0.4, -0.2) is 14.7 Å². The first-order chi connectivity index (χ1) is 7.25. The summed E-state index contributed by atoms with van der Waals surface area (Å²) in [6.07, 6.45) is -0.0109. The van der Waals surface area contributed by atoms with Gasteiger partial charge in [-0.05, 0) is 29.2 Å². The van der Waals surface area contributed by atoms with E-state index < -0.39 is 6.10 Å². The van der Waals surface area contributed by atoms with Gasteiger partial charge in [0.05, 0.1) is 0 Å². The highest BCUT2D eigenvalue weighted by molar-refractivity contribution is 9.10. The molecule has 0 spiro atoms. The van der Waals surface area contributed by atoms with Gasteiger partial charge in [0.2, 0.25) is 0 Å². The zero-order valence-electron chi connectivity index (χ0n) is 7.80. The molecule has 0 saturated heterocycles. The van der Waals surface area contributed by atoms with Crippen LogP contribution in [0, 0.1) is 0 Å². The highest BCUT2D eigenvalue weighted by atomic mass is 79.9. The van der Waals surface area contributed by atoms with Gasteiger partial charge in [0.25, 0.3) is 0 Å². The number of benzene rings is 1. The van der Waals surface area contributed by atoms with Crippen LogP contribution in [0.25, 0.3) is 0 Å². The van der Waals surface area contributed by atoms with E-state index in [1.807, 2.05) is 24.3 Å². The Morgan fingerprint density at radius 1 is 1.47 bits per heavy atom. The molecule has 0 radical (unpaired) electrons. The van der Waals surface area contributed by atoms with E-state index in [0.29, 0.717) is 12.1 Å². The Kier molecular flexibility index (Phi) is 3.45. The second-order valence-electron chi connectivity index (χ2n) is 3.18. The van der Waals surface area contributed by atoms with E-state index in [0.717, 1.165) is 10.0 Å². The van der Waals surface area contributed by atoms with Crippen molar-refractivity contribution in [2.45, 2.75) is 12.5 Å². The summed E-state index contributed by atoms with van der Waals surface area (Å²) in [7, 11) is 0. The van der Waals surface area contributed by atoms with Gasteiger partial charge in [-0.25, -0.2) is 0 Å². The third kappa shape index (κ3) is 2.84. The summed E-state index contributed by atoms with van der Waals surface area (Å²) in [6.45, 7) is 0. The highest BCUT2D eigenvalue weighted by Crippen LogP contribution is 2.19. The van der Waals surface area contributed by atoms with Crippen molar-refractivity contribution in [1.29, 1.82) is 0 Å². The standard InChI is InChI=1S/C10H9BrN2OS/c11-8-3-1-2-7(4-8)5-10(14)9-6-15-13-12-9/h1-4,6,10,14H,5H2. The SMILES string of the molecule is OC(Cc1cccc(Br)c1)c1csnn1. The topological polar surface area (TPSA) is 46.0 Å². The van der Waals surface area contributed by atoms with Gasteiger partial charge < -0.3 is 5.11 Å². The molecule has 1 heterocycles. The summed E-state index contributed by atoms with van der Waals surface area (Å²) in [5.41, 5.74) is 1.71. The van der Waals surface area contributed by atoms with Crippen LogP contribution in [-0.2, 0) is 6.42 Å². The van der Waals surface area contributed by atoms with Crippen molar-refractivity contribution >= 4 is 27.5 Å². The highest BCUT2D eigenvalue weighted by Gasteiger charge is 2.11. The molecule has 3 nitrogen and oxygen atoms in total. The summed E-state index contributed by atoms with van der Waals surface area (Å²) in [5, 5.41) is 15.5. The third-order valence-corrected chi connectivity index (χ3v) is 3.05. The normalized spacial score (nSPS) is 12.7. The lowest BCUT2D eigenvalue weighted by molar-refractivity contribution is 0.173. The zero-order chi connectivity index (χ0) is 10.7. The third-order valence-electron chi connectivity index (χ3n) is 2.04. The number of halogens is 1. The average molecular weight is 285 g/mol. The molecule has 0 aliphatic heterocycles. The van der Waals surface area contributed by atoms with Crippen LogP contribution < -0.4 is 0 Å². The molecular formula is C10H9BrN2OS. The van der Waals surface area contributed by atoms with Crippen LogP contribution >= 0.6 is 27.5 Å². The van der Waals surface area contributed by atoms with Crippen LogP contribution in [0.15, 0.2) is 34.1 Å². The van der Waals surface area contributed by atoms with Crippen molar-refractivity contribution in [3.05, 3.63) is 45.4 Å². The first-order valence-electron chi connectivity index (χ1n) is 4.45. The number of aliphatic hydroxyl groups excluding tert-OH is 1. The zero-order valence-corrected chi connectivity index (χ0v) is 10.2. The molecule has 1 aromatic heterocycles. The summed E-state index contributed by atoms with van der Waals surface area (Å²) >= 11 is 4.64. The molecule has 15 heavy (non-hydrogen) atoms. The molecule has 0 bridgehead atoms. The second kappa shape index (κ2) is 4.83. The molecule has 5 heteroatoms. The molecule has 2 rings (SSSR count). The average Bonchev–Trinajstić information content (AvgIpc) is 2.70. The van der Waals surface area contributed by atoms with E-state index in [-0.39, 0.29) is 0 Å². The Morgan fingerprint density at radius 3 is 3.00 bits per heavy atom. The van der Waals surface area contributed by atoms with Crippen molar-refractivity contribution in [1.82, 2.24) is 9.59 Å². The number of aromatic nitrogens is 2. The van der Waals surface area contributed by atoms with Crippen LogP contribution in [0.1, 0.15) is 17.4 Å². The summed E-state index contributed by atoms with van der Waals surface area (Å²) in [6, 6.07) is 7.88. The first-order valence-corrected chi connectivity index (χ1v) is 6.08. The Balaban J connectivity index is 2.09. The van der Waals surface area contributed by atoms with Crippen molar-refractivity contribution < 1.29 is 5.11 Å². The van der Waals surface area contributed by atoms with Crippen LogP contribution in [0.5, 0.6) is 0 Å². The maximum absolute atomic E-state index is 9.84. The number of nitrogens with zero attached hydrogens (tertiary/aromatic N) is 2. The smallest absolute Gasteiger partial charge is 0.104 e. The minimum Gasteiger partial charge on any atom is -0.386 e. The molecule has 0 saturated carbocycles. The van der Waals surface area contributed by atoms with E-state index in [9.17, 15) is 5.11 Å². The lowest BCUT2D eigenvalue weighted by Gasteiger charge is -2.07. The monoisotopic (exact) mass is 284 g/mol. The number of hydrogen-bond acceptors (Lipinski definition) is 4. The maximum Gasteiger partial charge on any atom is 0.104 e. The quantitative estimate of drug-likeness (QED) is 0.942. The Labute approximate surface area is 100 Å². The van der Waals surface area contributed by atoms with Crippen molar-refractivity contribution in [2.24, 2.45) is 0 Å². The largest absolute Gasteiger partial charge is 0.386 e. The van der Waals surface area contributed by atoms with Gasteiger partial charge in [0.15, 0.2) is 0 Å². The van der Waals surface area contributed by atoms with E-state index in [2.05, 4.69) is 25.5 Å². The van der Waals surface area contributed by atoms with Crippen molar-refractivity contribution in [3.8, 4) is 0 Å². The molecular weight excluding hydrogens is 276 g/mol. The first kappa shape index (κ1) is 10.7. The van der Waals surface area contributed by atoms with E-state index in [1.165, 1.54) is 11.5 Å². The maximum atomic E-state index is 9.84. The lowest BCUT2D eigenvalue weighted by Crippen LogP contribution is -2.02. The van der Waals surface area contributed by atoms with Gasteiger partial charge in [-0.3, -0.25) is 0 Å². The van der Waals surface area contributed by atoms with Crippen molar-refractivity contribution in [3.63, 3.8) is 0 Å². The molecule has 1 N–H and O–H groups in total. The Hall–Kier alpha value is -0.780. The van der Waals surface area contributed by atoms with Crippen LogP contribution in [0.2, 0.25) is 0 Å². The molecule has 0 fully saturated rings. The van der Waals surface area contributed by atoms with E-state index in [1.54, 1.807) is 5.38 Å². The minimum absolute atomic E-state index is 0.560. The molecule has 0 aliphatic carbocycles. The van der Waals surface area contributed by atoms with Gasteiger partial charge >= 0.3 is 0 Å². The number of aliphatic hydroxyl groups is 1. The van der Waals surface area contributed by atoms with Gasteiger partial charge in [0, 0.05) is 16.3 Å². The van der Waals surface area contributed by atoms with Crippen molar-refractivity contribution in [2.75, 3.05) is 0 Å². The molecule has 0 amide bonds. The molecule has 1 aromatic carbocycles. The van der Waals surface area contributed by atoms with Gasteiger partial charge in [0.1, 0.15) is 11.8 Å². The van der Waals surface area contributed by atoms with Crippen LogP contribution in [0.4, 0.5) is 0 Å². The fourth-order valence-corrected chi connectivity index (χ4v) is 2.26. The lowest BCUT2D eigenvalue weighted by atomic mass is 10.1. The summed E-state index contributed by atoms with van der Waals surface area (Å²) < 4.78 is 4.74. The van der Waals surface area contributed by atoms with Crippen LogP contribution in [0.3, 0.4) is 0 Å². The fraction of sp³-hybridized carbons (Fsp3) is 0.200. The predicted octanol–water partition coefficient (Wildman–Crippen LogP) is 2.58. The van der Waals surface area contributed by atoms with Gasteiger partial charge in [-0.15, -0.1) is 5.10 Å². The molecule has 78 valence electrons. The molecule has 0 aliphatic rings. The minimum atomic E-state index is -0.571. The summed E-state index contributed by atoms with van der Waals surface area (Å²) in [4.78, 5) is 0. The van der Waals surface area contributed by atoms with E-state index in [4.69, 9.17) is 0 Å².